The quantitative estimate of drug-likeness (QED) is 0.425. The van der Waals surface area contributed by atoms with Gasteiger partial charge in [-0.05, 0) is 55.0 Å². The van der Waals surface area contributed by atoms with E-state index < -0.39 is 47.9 Å². The maximum absolute atomic E-state index is 12.3. The van der Waals surface area contributed by atoms with Crippen LogP contribution in [0.1, 0.15) is 44.6 Å². The van der Waals surface area contributed by atoms with Gasteiger partial charge >= 0.3 is 17.9 Å². The van der Waals surface area contributed by atoms with Gasteiger partial charge in [0.25, 0.3) is 6.43 Å². The number of alkyl halides is 2. The SMILES string of the molecule is COc1cc(C2=NNC(=O)OC23CCC(C#N)(C[C@H](C)NC(=O)C(=O)NCC(F)F)CC3)c(Br)cn1. The van der Waals surface area contributed by atoms with E-state index in [-0.39, 0.29) is 19.3 Å². The third-order valence-corrected chi connectivity index (χ3v) is 6.85. The minimum atomic E-state index is -2.78. The van der Waals surface area contributed by atoms with Crippen molar-refractivity contribution in [1.82, 2.24) is 21.0 Å². The second-order valence-corrected chi connectivity index (χ2v) is 9.59. The molecule has 0 bridgehead atoms. The summed E-state index contributed by atoms with van der Waals surface area (Å²) in [5.74, 6) is -1.88. The van der Waals surface area contributed by atoms with E-state index in [0.717, 1.165) is 0 Å². The Morgan fingerprint density at radius 2 is 2.03 bits per heavy atom. The number of amides is 3. The third-order valence-electron chi connectivity index (χ3n) is 6.22. The number of nitrogens with one attached hydrogen (secondary N) is 3. The largest absolute Gasteiger partial charge is 0.481 e. The normalized spacial score (nSPS) is 24.1. The number of pyridine rings is 1. The fraction of sp³-hybridized carbons (Fsp3) is 0.545. The average molecular weight is 571 g/mol. The highest BCUT2D eigenvalue weighted by atomic mass is 79.9. The molecule has 3 N–H and O–H groups in total. The molecule has 3 amide bonds. The van der Waals surface area contributed by atoms with Crippen molar-refractivity contribution in [2.45, 2.75) is 57.1 Å². The van der Waals surface area contributed by atoms with Gasteiger partial charge in [-0.1, -0.05) is 0 Å². The first kappa shape index (κ1) is 27.3. The predicted octanol–water partition coefficient (Wildman–Crippen LogP) is 2.40. The molecule has 194 valence electrons. The van der Waals surface area contributed by atoms with Crippen molar-refractivity contribution >= 4 is 39.5 Å². The molecular formula is C22H25BrF2N6O5. The van der Waals surface area contributed by atoms with E-state index in [2.05, 4.69) is 42.8 Å². The minimum Gasteiger partial charge on any atom is -0.481 e. The number of nitriles is 1. The summed E-state index contributed by atoms with van der Waals surface area (Å²) in [5, 5.41) is 18.6. The van der Waals surface area contributed by atoms with Crippen LogP contribution in [0.2, 0.25) is 0 Å². The topological polar surface area (TPSA) is 155 Å². The molecule has 11 nitrogen and oxygen atoms in total. The summed E-state index contributed by atoms with van der Waals surface area (Å²) in [7, 11) is 1.47. The molecule has 1 spiro atoms. The standard InChI is InChI=1S/C22H25BrF2N6O5/c1-12(29-19(33)18(32)28-10-15(24)25)8-21(11-26)3-5-22(6-4-21)17(30-31-20(34)36-22)13-7-16(35-2)27-9-14(13)23/h7,9,12,15H,3-6,8,10H2,1-2H3,(H,28,32)(H,29,33)(H,31,34)/t12-,21?,22?/m0/s1. The van der Waals surface area contributed by atoms with Gasteiger partial charge in [0, 0.05) is 28.3 Å². The molecule has 2 aliphatic rings. The zero-order valence-electron chi connectivity index (χ0n) is 19.6. The number of halogens is 3. The number of rotatable bonds is 7. The summed E-state index contributed by atoms with van der Waals surface area (Å²) in [4.78, 5) is 40.0. The van der Waals surface area contributed by atoms with E-state index in [1.165, 1.54) is 7.11 Å². The van der Waals surface area contributed by atoms with Gasteiger partial charge in [0.2, 0.25) is 5.88 Å². The Kier molecular flexibility index (Phi) is 8.44. The lowest BCUT2D eigenvalue weighted by Crippen LogP contribution is -2.54. The molecule has 0 radical (unpaired) electrons. The zero-order chi connectivity index (χ0) is 26.5. The molecule has 1 saturated carbocycles. The molecule has 1 fully saturated rings. The summed E-state index contributed by atoms with van der Waals surface area (Å²) < 4.78 is 36.1. The summed E-state index contributed by atoms with van der Waals surface area (Å²) in [6.07, 6.45) is -0.554. The first-order valence-electron chi connectivity index (χ1n) is 11.1. The van der Waals surface area contributed by atoms with E-state index in [4.69, 9.17) is 9.47 Å². The van der Waals surface area contributed by atoms with Crippen LogP contribution >= 0.6 is 15.9 Å². The van der Waals surface area contributed by atoms with Gasteiger partial charge in [-0.25, -0.2) is 24.0 Å². The Morgan fingerprint density at radius 3 is 2.64 bits per heavy atom. The maximum atomic E-state index is 12.3. The number of aromatic nitrogens is 1. The Morgan fingerprint density at radius 1 is 1.33 bits per heavy atom. The summed E-state index contributed by atoms with van der Waals surface area (Å²) in [6.45, 7) is 0.696. The first-order chi connectivity index (χ1) is 17.0. The fourth-order valence-corrected chi connectivity index (χ4v) is 4.88. The zero-order valence-corrected chi connectivity index (χ0v) is 21.2. The van der Waals surface area contributed by atoms with Crippen molar-refractivity contribution in [3.05, 3.63) is 22.3 Å². The van der Waals surface area contributed by atoms with Crippen LogP contribution in [0.4, 0.5) is 13.6 Å². The van der Waals surface area contributed by atoms with E-state index in [1.807, 2.05) is 5.32 Å². The van der Waals surface area contributed by atoms with Crippen LogP contribution in [-0.2, 0) is 14.3 Å². The van der Waals surface area contributed by atoms with E-state index in [0.29, 0.717) is 34.5 Å². The molecule has 0 saturated heterocycles. The van der Waals surface area contributed by atoms with Gasteiger partial charge in [0.05, 0.1) is 25.1 Å². The smallest absolute Gasteiger partial charge is 0.428 e. The molecule has 36 heavy (non-hydrogen) atoms. The van der Waals surface area contributed by atoms with Crippen molar-refractivity contribution in [2.75, 3.05) is 13.7 Å². The second kappa shape index (κ2) is 11.2. The highest BCUT2D eigenvalue weighted by Crippen LogP contribution is 2.47. The molecule has 1 aliphatic heterocycles. The molecule has 1 aromatic rings. The lowest BCUT2D eigenvalue weighted by Gasteiger charge is -2.45. The number of hydrazone groups is 1. The number of hydrogen-bond donors (Lipinski definition) is 3. The second-order valence-electron chi connectivity index (χ2n) is 8.73. The monoisotopic (exact) mass is 570 g/mol. The van der Waals surface area contributed by atoms with Crippen LogP contribution in [0.5, 0.6) is 5.88 Å². The van der Waals surface area contributed by atoms with Gasteiger partial charge in [-0.3, -0.25) is 9.59 Å². The molecule has 2 heterocycles. The van der Waals surface area contributed by atoms with Crippen molar-refractivity contribution in [3.8, 4) is 11.9 Å². The number of methoxy groups -OCH3 is 1. The van der Waals surface area contributed by atoms with Crippen LogP contribution in [-0.4, -0.2) is 60.3 Å². The summed E-state index contributed by atoms with van der Waals surface area (Å²) in [6, 6.07) is 3.39. The highest BCUT2D eigenvalue weighted by Gasteiger charge is 2.51. The number of carbonyl (C=O) groups excluding carboxylic acids is 3. The van der Waals surface area contributed by atoms with E-state index in [1.54, 1.807) is 19.2 Å². The van der Waals surface area contributed by atoms with E-state index >= 15 is 0 Å². The van der Waals surface area contributed by atoms with Crippen LogP contribution < -0.4 is 20.8 Å². The number of carbonyl (C=O) groups is 3. The van der Waals surface area contributed by atoms with Gasteiger partial charge in [-0.2, -0.15) is 10.4 Å². The van der Waals surface area contributed by atoms with Gasteiger partial charge < -0.3 is 20.1 Å². The van der Waals surface area contributed by atoms with Crippen molar-refractivity contribution < 1.29 is 32.6 Å². The first-order valence-corrected chi connectivity index (χ1v) is 11.9. The molecule has 1 aliphatic carbocycles. The molecular weight excluding hydrogens is 546 g/mol. The Labute approximate surface area is 214 Å². The average Bonchev–Trinajstić information content (AvgIpc) is 2.84. The number of nitrogens with zero attached hydrogens (tertiary/aromatic N) is 3. The van der Waals surface area contributed by atoms with E-state index in [9.17, 15) is 28.4 Å². The number of ether oxygens (including phenoxy) is 2. The highest BCUT2D eigenvalue weighted by molar-refractivity contribution is 9.10. The van der Waals surface area contributed by atoms with Crippen molar-refractivity contribution in [3.63, 3.8) is 0 Å². The van der Waals surface area contributed by atoms with Gasteiger partial charge in [0.1, 0.15) is 5.71 Å². The molecule has 14 heteroatoms. The molecule has 3 rings (SSSR count). The predicted molar refractivity (Wildman–Crippen MR) is 125 cm³/mol. The summed E-state index contributed by atoms with van der Waals surface area (Å²) >= 11 is 3.45. The van der Waals surface area contributed by atoms with Crippen LogP contribution in [0.25, 0.3) is 0 Å². The minimum absolute atomic E-state index is 0.207. The van der Waals surface area contributed by atoms with Crippen LogP contribution in [0.15, 0.2) is 21.8 Å². The Hall–Kier alpha value is -3.34. The van der Waals surface area contributed by atoms with Crippen LogP contribution in [0, 0.1) is 16.7 Å². The Bertz CT molecular complexity index is 1100. The maximum Gasteiger partial charge on any atom is 0.428 e. The molecule has 1 atom stereocenters. The van der Waals surface area contributed by atoms with Crippen LogP contribution in [0.3, 0.4) is 0 Å². The fourth-order valence-electron chi connectivity index (χ4n) is 4.48. The Balaban J connectivity index is 1.73. The van der Waals surface area contributed by atoms with Crippen molar-refractivity contribution in [1.29, 1.82) is 5.26 Å². The molecule has 0 unspecified atom stereocenters. The lowest BCUT2D eigenvalue weighted by atomic mass is 9.65. The van der Waals surface area contributed by atoms with Gasteiger partial charge in [0.15, 0.2) is 5.60 Å². The summed E-state index contributed by atoms with van der Waals surface area (Å²) in [5.41, 5.74) is 1.42. The third kappa shape index (κ3) is 6.07. The molecule has 1 aromatic heterocycles. The number of hydrogen-bond acceptors (Lipinski definition) is 8. The van der Waals surface area contributed by atoms with Crippen molar-refractivity contribution in [2.24, 2.45) is 10.5 Å². The van der Waals surface area contributed by atoms with Gasteiger partial charge in [-0.15, -0.1) is 0 Å². The lowest BCUT2D eigenvalue weighted by molar-refractivity contribution is -0.140. The molecule has 0 aromatic carbocycles.